The molecule has 0 aromatic heterocycles. The first kappa shape index (κ1) is 39.1. The van der Waals surface area contributed by atoms with Gasteiger partial charge in [0.05, 0.1) is 0 Å². The summed E-state index contributed by atoms with van der Waals surface area (Å²) >= 11 is 6.90. The van der Waals surface area contributed by atoms with Crippen LogP contribution in [0.15, 0.2) is 106 Å². The number of amides is 1. The zero-order chi connectivity index (χ0) is 37.6. The van der Waals surface area contributed by atoms with E-state index in [0.717, 1.165) is 31.2 Å². The van der Waals surface area contributed by atoms with Gasteiger partial charge in [-0.3, -0.25) is 14.5 Å². The summed E-state index contributed by atoms with van der Waals surface area (Å²) in [6.07, 6.45) is 0.880. The highest BCUT2D eigenvalue weighted by Crippen LogP contribution is 2.31. The number of carbonyl (C=O) groups excluding carboxylic acids is 4. The summed E-state index contributed by atoms with van der Waals surface area (Å²) in [5.74, 6) is -0.525. The Morgan fingerprint density at radius 3 is 1.38 bits per heavy atom. The second-order valence-corrected chi connectivity index (χ2v) is 16.7. The SMILES string of the molecule is CC1CC(C(=O)OC(C)(C)CCC(=O)c2ccc(-c3ccc(Br)cc3)cc2)N(C(=O)OC(C)(C)CCC(=O)c2ccc(-c3ccc(Br)cc3)cc2)C1. The van der Waals surface area contributed by atoms with Crippen molar-refractivity contribution in [3.05, 3.63) is 117 Å². The first-order chi connectivity index (χ1) is 24.6. The fourth-order valence-corrected chi connectivity index (χ4v) is 6.84. The molecular weight excluding hydrogens is 786 g/mol. The summed E-state index contributed by atoms with van der Waals surface area (Å²) in [7, 11) is 0. The molecular formula is C43H45Br2NO6. The van der Waals surface area contributed by atoms with Crippen LogP contribution in [-0.2, 0) is 14.3 Å². The van der Waals surface area contributed by atoms with Gasteiger partial charge in [-0.05, 0) is 99.4 Å². The van der Waals surface area contributed by atoms with Crippen LogP contribution in [0.25, 0.3) is 22.3 Å². The Hall–Kier alpha value is -4.08. The van der Waals surface area contributed by atoms with Crippen LogP contribution in [0.1, 0.15) is 87.4 Å². The second-order valence-electron chi connectivity index (χ2n) is 14.8. The van der Waals surface area contributed by atoms with Crippen molar-refractivity contribution in [2.24, 2.45) is 5.92 Å². The van der Waals surface area contributed by atoms with Gasteiger partial charge in [0.25, 0.3) is 0 Å². The van der Waals surface area contributed by atoms with Gasteiger partial charge in [-0.1, -0.05) is 112 Å². The van der Waals surface area contributed by atoms with Crippen LogP contribution in [0.2, 0.25) is 0 Å². The highest BCUT2D eigenvalue weighted by Gasteiger charge is 2.43. The number of ketones is 2. The molecule has 2 unspecified atom stereocenters. The molecule has 0 radical (unpaired) electrons. The zero-order valence-electron chi connectivity index (χ0n) is 30.3. The van der Waals surface area contributed by atoms with E-state index in [4.69, 9.17) is 9.47 Å². The number of carbonyl (C=O) groups is 4. The number of likely N-dealkylation sites (tertiary alicyclic amines) is 1. The van der Waals surface area contributed by atoms with E-state index in [1.54, 1.807) is 27.7 Å². The summed E-state index contributed by atoms with van der Waals surface area (Å²) in [5.41, 5.74) is 3.47. The lowest BCUT2D eigenvalue weighted by Crippen LogP contribution is -2.46. The van der Waals surface area contributed by atoms with Crippen molar-refractivity contribution in [3.8, 4) is 22.3 Å². The second kappa shape index (κ2) is 16.7. The van der Waals surface area contributed by atoms with Crippen molar-refractivity contribution in [1.29, 1.82) is 0 Å². The minimum Gasteiger partial charge on any atom is -0.458 e. The molecule has 1 aliphatic rings. The highest BCUT2D eigenvalue weighted by atomic mass is 79.9. The van der Waals surface area contributed by atoms with Crippen molar-refractivity contribution in [2.75, 3.05) is 6.54 Å². The molecule has 0 N–H and O–H groups in total. The minimum atomic E-state index is -0.944. The van der Waals surface area contributed by atoms with Gasteiger partial charge in [-0.25, -0.2) is 9.59 Å². The van der Waals surface area contributed by atoms with Crippen molar-refractivity contribution in [3.63, 3.8) is 0 Å². The average molecular weight is 832 g/mol. The quantitative estimate of drug-likeness (QED) is 0.0985. The number of ether oxygens (including phenoxy) is 2. The monoisotopic (exact) mass is 829 g/mol. The number of hydrogen-bond donors (Lipinski definition) is 0. The lowest BCUT2D eigenvalue weighted by Gasteiger charge is -2.32. The Morgan fingerprint density at radius 1 is 0.615 bits per heavy atom. The van der Waals surface area contributed by atoms with Gasteiger partial charge in [0, 0.05) is 39.5 Å². The molecule has 1 saturated heterocycles. The Labute approximate surface area is 323 Å². The van der Waals surface area contributed by atoms with Gasteiger partial charge in [0.15, 0.2) is 11.6 Å². The standard InChI is InChI=1S/C43H45Br2NO6/c1-28-26-37(40(49)51-42(2,3)24-22-38(47)33-10-6-29(7-11-33)31-14-18-35(44)19-15-31)46(27-28)41(50)52-43(4,5)25-23-39(48)34-12-8-30(9-13-34)32-16-20-36(45)21-17-32/h6-21,28,37H,22-27H2,1-5H3. The number of nitrogens with zero attached hydrogens (tertiary/aromatic N) is 1. The molecule has 4 aromatic rings. The summed E-state index contributed by atoms with van der Waals surface area (Å²) in [4.78, 5) is 54.5. The molecule has 4 aromatic carbocycles. The fourth-order valence-electron chi connectivity index (χ4n) is 6.31. The molecule has 1 fully saturated rings. The third-order valence-corrected chi connectivity index (χ3v) is 10.5. The van der Waals surface area contributed by atoms with Crippen LogP contribution in [0.5, 0.6) is 0 Å². The first-order valence-electron chi connectivity index (χ1n) is 17.6. The van der Waals surface area contributed by atoms with Crippen LogP contribution in [0.4, 0.5) is 4.79 Å². The number of Topliss-reactive ketones (excluding diaryl/α,β-unsaturated/α-hetero) is 2. The lowest BCUT2D eigenvalue weighted by molar-refractivity contribution is -0.162. The van der Waals surface area contributed by atoms with E-state index in [2.05, 4.69) is 31.9 Å². The predicted molar refractivity (Wildman–Crippen MR) is 211 cm³/mol. The summed E-state index contributed by atoms with van der Waals surface area (Å²) in [5, 5.41) is 0. The molecule has 7 nitrogen and oxygen atoms in total. The Balaban J connectivity index is 1.11. The van der Waals surface area contributed by atoms with Gasteiger partial charge >= 0.3 is 12.1 Å². The van der Waals surface area contributed by atoms with Gasteiger partial charge < -0.3 is 9.47 Å². The summed E-state index contributed by atoms with van der Waals surface area (Å²) in [6.45, 7) is 9.44. The molecule has 0 bridgehead atoms. The largest absolute Gasteiger partial charge is 0.458 e. The number of esters is 1. The van der Waals surface area contributed by atoms with Crippen molar-refractivity contribution in [1.82, 2.24) is 4.90 Å². The van der Waals surface area contributed by atoms with E-state index >= 15 is 0 Å². The molecule has 52 heavy (non-hydrogen) atoms. The predicted octanol–water partition coefficient (Wildman–Crippen LogP) is 11.1. The normalized spacial score (nSPS) is 16.0. The van der Waals surface area contributed by atoms with Crippen molar-refractivity contribution >= 4 is 55.5 Å². The van der Waals surface area contributed by atoms with E-state index in [0.29, 0.717) is 36.9 Å². The van der Waals surface area contributed by atoms with Crippen LogP contribution in [0.3, 0.4) is 0 Å². The molecule has 1 amide bonds. The topological polar surface area (TPSA) is 90.0 Å². The third-order valence-electron chi connectivity index (χ3n) is 9.43. The van der Waals surface area contributed by atoms with Gasteiger partial charge in [-0.2, -0.15) is 0 Å². The van der Waals surface area contributed by atoms with Gasteiger partial charge in [0.2, 0.25) is 0 Å². The molecule has 2 atom stereocenters. The molecule has 5 rings (SSSR count). The maximum atomic E-state index is 13.5. The number of benzene rings is 4. The van der Waals surface area contributed by atoms with Crippen molar-refractivity contribution in [2.45, 2.75) is 84.0 Å². The Morgan fingerprint density at radius 2 is 0.981 bits per heavy atom. The molecule has 0 saturated carbocycles. The average Bonchev–Trinajstić information content (AvgIpc) is 3.52. The zero-order valence-corrected chi connectivity index (χ0v) is 33.5. The van der Waals surface area contributed by atoms with Crippen LogP contribution >= 0.6 is 31.9 Å². The summed E-state index contributed by atoms with van der Waals surface area (Å²) in [6, 6.07) is 30.2. The number of halogens is 2. The maximum absolute atomic E-state index is 13.5. The molecule has 1 heterocycles. The molecule has 0 spiro atoms. The van der Waals surface area contributed by atoms with Gasteiger partial charge in [-0.15, -0.1) is 0 Å². The summed E-state index contributed by atoms with van der Waals surface area (Å²) < 4.78 is 13.8. The fraction of sp³-hybridized carbons (Fsp3) is 0.349. The smallest absolute Gasteiger partial charge is 0.411 e. The maximum Gasteiger partial charge on any atom is 0.411 e. The Bertz CT molecular complexity index is 1750. The number of hydrogen-bond acceptors (Lipinski definition) is 6. The van der Waals surface area contributed by atoms with E-state index in [-0.39, 0.29) is 30.3 Å². The van der Waals surface area contributed by atoms with E-state index in [1.165, 1.54) is 4.90 Å². The van der Waals surface area contributed by atoms with Crippen LogP contribution < -0.4 is 0 Å². The van der Waals surface area contributed by atoms with E-state index in [1.807, 2.05) is 104 Å². The van der Waals surface area contributed by atoms with Gasteiger partial charge in [0.1, 0.15) is 17.2 Å². The minimum absolute atomic E-state index is 0.0374. The molecule has 9 heteroatoms. The van der Waals surface area contributed by atoms with Crippen LogP contribution in [-0.4, -0.2) is 52.3 Å². The highest BCUT2D eigenvalue weighted by molar-refractivity contribution is 9.10. The molecule has 1 aliphatic heterocycles. The third kappa shape index (κ3) is 10.5. The molecule has 0 aliphatic carbocycles. The number of rotatable bonds is 13. The molecule has 272 valence electrons. The van der Waals surface area contributed by atoms with Crippen LogP contribution in [0, 0.1) is 5.92 Å². The van der Waals surface area contributed by atoms with Crippen molar-refractivity contribution < 1.29 is 28.7 Å². The van der Waals surface area contributed by atoms with E-state index in [9.17, 15) is 19.2 Å². The lowest BCUT2D eigenvalue weighted by atomic mass is 9.96. The first-order valence-corrected chi connectivity index (χ1v) is 19.2. The van der Waals surface area contributed by atoms with E-state index < -0.39 is 29.3 Å². The Kier molecular flexibility index (Phi) is 12.6.